The van der Waals surface area contributed by atoms with Crippen molar-refractivity contribution < 1.29 is 4.79 Å². The van der Waals surface area contributed by atoms with Gasteiger partial charge in [-0.15, -0.1) is 0 Å². The van der Waals surface area contributed by atoms with Crippen molar-refractivity contribution in [2.24, 2.45) is 5.73 Å². The molecule has 1 aliphatic rings. The van der Waals surface area contributed by atoms with E-state index in [1.165, 1.54) is 6.33 Å². The van der Waals surface area contributed by atoms with E-state index in [1.807, 2.05) is 41.3 Å². The molecule has 164 valence electrons. The summed E-state index contributed by atoms with van der Waals surface area (Å²) >= 11 is 6.16. The highest BCUT2D eigenvalue weighted by molar-refractivity contribution is 6.31. The number of carbonyl (C=O) groups excluding carboxylic acids is 1. The molecule has 32 heavy (non-hydrogen) atoms. The Morgan fingerprint density at radius 3 is 2.75 bits per heavy atom. The zero-order valence-electron chi connectivity index (χ0n) is 17.5. The van der Waals surface area contributed by atoms with Crippen molar-refractivity contribution in [3.8, 4) is 0 Å². The van der Waals surface area contributed by atoms with Crippen LogP contribution in [0.3, 0.4) is 0 Å². The standard InChI is InChI=1S/C23H24ClN7O/c24-15-2-4-19-17(8-15)18(9-25)21(29-19)11-30-5-6-31(22(32)12-30)10-14-1-3-16-20(7-14)27-13-28-23(16)26/h1-4,7-8,13,29H,5-6,9-12,25H2,(H2,26,27,28). The largest absolute Gasteiger partial charge is 0.383 e. The first-order valence-electron chi connectivity index (χ1n) is 10.5. The first-order chi connectivity index (χ1) is 15.5. The summed E-state index contributed by atoms with van der Waals surface area (Å²) in [6.07, 6.45) is 1.46. The molecule has 5 rings (SSSR count). The van der Waals surface area contributed by atoms with Crippen LogP contribution in [0.1, 0.15) is 16.8 Å². The second-order valence-corrected chi connectivity index (χ2v) is 8.55. The van der Waals surface area contributed by atoms with Crippen molar-refractivity contribution in [3.05, 3.63) is 64.6 Å². The minimum Gasteiger partial charge on any atom is -0.383 e. The van der Waals surface area contributed by atoms with Gasteiger partial charge in [-0.2, -0.15) is 0 Å². The van der Waals surface area contributed by atoms with E-state index in [4.69, 9.17) is 23.1 Å². The zero-order chi connectivity index (χ0) is 22.2. The minimum absolute atomic E-state index is 0.104. The summed E-state index contributed by atoms with van der Waals surface area (Å²) in [6, 6.07) is 11.6. The number of H-pyrrole nitrogens is 1. The second kappa shape index (κ2) is 8.38. The van der Waals surface area contributed by atoms with Crippen LogP contribution in [-0.2, 0) is 24.4 Å². The monoisotopic (exact) mass is 449 g/mol. The first-order valence-corrected chi connectivity index (χ1v) is 10.9. The number of halogens is 1. The fourth-order valence-electron chi connectivity index (χ4n) is 4.37. The van der Waals surface area contributed by atoms with E-state index in [0.717, 1.165) is 45.2 Å². The molecule has 2 aromatic heterocycles. The van der Waals surface area contributed by atoms with Gasteiger partial charge < -0.3 is 21.4 Å². The van der Waals surface area contributed by atoms with Crippen LogP contribution in [0.15, 0.2) is 42.7 Å². The van der Waals surface area contributed by atoms with Crippen LogP contribution in [0.5, 0.6) is 0 Å². The van der Waals surface area contributed by atoms with E-state index < -0.39 is 0 Å². The molecule has 3 heterocycles. The number of nitrogen functional groups attached to an aromatic ring is 1. The molecule has 9 heteroatoms. The molecule has 0 saturated carbocycles. The summed E-state index contributed by atoms with van der Waals surface area (Å²) < 4.78 is 0. The van der Waals surface area contributed by atoms with Gasteiger partial charge in [-0.1, -0.05) is 17.7 Å². The van der Waals surface area contributed by atoms with Gasteiger partial charge in [-0.25, -0.2) is 9.97 Å². The number of nitrogens with one attached hydrogen (secondary N) is 1. The lowest BCUT2D eigenvalue weighted by Gasteiger charge is -2.34. The predicted molar refractivity (Wildman–Crippen MR) is 126 cm³/mol. The zero-order valence-corrected chi connectivity index (χ0v) is 18.3. The van der Waals surface area contributed by atoms with Crippen LogP contribution in [0, 0.1) is 0 Å². The van der Waals surface area contributed by atoms with Gasteiger partial charge in [0.2, 0.25) is 5.91 Å². The molecule has 0 bridgehead atoms. The average molecular weight is 450 g/mol. The number of nitrogens with zero attached hydrogens (tertiary/aromatic N) is 4. The molecule has 1 amide bonds. The lowest BCUT2D eigenvalue weighted by Crippen LogP contribution is -2.49. The smallest absolute Gasteiger partial charge is 0.237 e. The number of hydrogen-bond acceptors (Lipinski definition) is 6. The molecule has 0 aliphatic carbocycles. The summed E-state index contributed by atoms with van der Waals surface area (Å²) in [5.74, 6) is 0.564. The van der Waals surface area contributed by atoms with E-state index in [-0.39, 0.29) is 5.91 Å². The van der Waals surface area contributed by atoms with Gasteiger partial charge in [0, 0.05) is 59.7 Å². The number of aromatic amines is 1. The molecule has 0 spiro atoms. The molecule has 1 fully saturated rings. The number of hydrogen-bond donors (Lipinski definition) is 3. The summed E-state index contributed by atoms with van der Waals surface area (Å²) in [7, 11) is 0. The van der Waals surface area contributed by atoms with Crippen LogP contribution < -0.4 is 11.5 Å². The van der Waals surface area contributed by atoms with E-state index in [9.17, 15) is 4.79 Å². The van der Waals surface area contributed by atoms with Crippen molar-refractivity contribution in [2.75, 3.05) is 25.4 Å². The summed E-state index contributed by atoms with van der Waals surface area (Å²) in [5, 5.41) is 2.55. The normalized spacial score (nSPS) is 15.2. The molecule has 1 aliphatic heterocycles. The van der Waals surface area contributed by atoms with Crippen LogP contribution in [0.2, 0.25) is 5.02 Å². The highest BCUT2D eigenvalue weighted by Gasteiger charge is 2.25. The quantitative estimate of drug-likeness (QED) is 0.431. The topological polar surface area (TPSA) is 117 Å². The van der Waals surface area contributed by atoms with Crippen LogP contribution in [0.4, 0.5) is 5.82 Å². The maximum atomic E-state index is 12.9. The first kappa shape index (κ1) is 20.7. The third kappa shape index (κ3) is 3.88. The number of anilines is 1. The Morgan fingerprint density at radius 1 is 1.06 bits per heavy atom. The molecule has 0 radical (unpaired) electrons. The number of carbonyl (C=O) groups is 1. The van der Waals surface area contributed by atoms with Crippen molar-refractivity contribution in [1.29, 1.82) is 0 Å². The molecule has 5 N–H and O–H groups in total. The Kier molecular flexibility index (Phi) is 5.42. The average Bonchev–Trinajstić information content (AvgIpc) is 3.11. The number of amides is 1. The van der Waals surface area contributed by atoms with Crippen LogP contribution >= 0.6 is 11.6 Å². The molecule has 8 nitrogen and oxygen atoms in total. The third-order valence-corrected chi connectivity index (χ3v) is 6.28. The van der Waals surface area contributed by atoms with Gasteiger partial charge in [-0.05, 0) is 41.5 Å². The highest BCUT2D eigenvalue weighted by atomic mass is 35.5. The van der Waals surface area contributed by atoms with Crippen molar-refractivity contribution in [3.63, 3.8) is 0 Å². The molecular weight excluding hydrogens is 426 g/mol. The Morgan fingerprint density at radius 2 is 1.94 bits per heavy atom. The fourth-order valence-corrected chi connectivity index (χ4v) is 4.54. The van der Waals surface area contributed by atoms with E-state index >= 15 is 0 Å². The molecule has 4 aromatic rings. The van der Waals surface area contributed by atoms with Gasteiger partial charge in [0.25, 0.3) is 0 Å². The third-order valence-electron chi connectivity index (χ3n) is 6.05. The summed E-state index contributed by atoms with van der Waals surface area (Å²) in [6.45, 7) is 3.42. The molecule has 0 atom stereocenters. The SMILES string of the molecule is NCc1c(CN2CCN(Cc3ccc4c(N)ncnc4c3)C(=O)C2)[nH]c2ccc(Cl)cc12. The van der Waals surface area contributed by atoms with Gasteiger partial charge in [0.1, 0.15) is 12.1 Å². The Hall–Kier alpha value is -3.20. The summed E-state index contributed by atoms with van der Waals surface area (Å²) in [4.78, 5) is 28.7. The van der Waals surface area contributed by atoms with Crippen LogP contribution in [0.25, 0.3) is 21.8 Å². The molecule has 0 unspecified atom stereocenters. The lowest BCUT2D eigenvalue weighted by molar-refractivity contribution is -0.136. The number of nitrogens with two attached hydrogens (primary N) is 2. The highest BCUT2D eigenvalue weighted by Crippen LogP contribution is 2.27. The number of aromatic nitrogens is 3. The number of rotatable bonds is 5. The lowest BCUT2D eigenvalue weighted by atomic mass is 10.1. The summed E-state index contributed by atoms with van der Waals surface area (Å²) in [5.41, 5.74) is 16.8. The number of fused-ring (bicyclic) bond motifs is 2. The Labute approximate surface area is 190 Å². The van der Waals surface area contributed by atoms with Gasteiger partial charge in [-0.3, -0.25) is 9.69 Å². The number of benzene rings is 2. The van der Waals surface area contributed by atoms with Gasteiger partial charge in [0.05, 0.1) is 12.1 Å². The van der Waals surface area contributed by atoms with E-state index in [0.29, 0.717) is 43.6 Å². The van der Waals surface area contributed by atoms with Crippen molar-refractivity contribution in [2.45, 2.75) is 19.6 Å². The number of piperazine rings is 1. The maximum Gasteiger partial charge on any atom is 0.237 e. The van der Waals surface area contributed by atoms with Crippen molar-refractivity contribution >= 4 is 45.1 Å². The minimum atomic E-state index is 0.104. The van der Waals surface area contributed by atoms with E-state index in [2.05, 4.69) is 19.9 Å². The van der Waals surface area contributed by atoms with Gasteiger partial charge in [0.15, 0.2) is 0 Å². The molecule has 1 saturated heterocycles. The van der Waals surface area contributed by atoms with Gasteiger partial charge >= 0.3 is 0 Å². The molecular formula is C23H24ClN7O. The Bertz CT molecular complexity index is 1320. The maximum absolute atomic E-state index is 12.9. The van der Waals surface area contributed by atoms with E-state index in [1.54, 1.807) is 0 Å². The second-order valence-electron chi connectivity index (χ2n) is 8.11. The fraction of sp³-hybridized carbons (Fsp3) is 0.261. The van der Waals surface area contributed by atoms with Crippen molar-refractivity contribution in [1.82, 2.24) is 24.8 Å². The molecule has 2 aromatic carbocycles. The predicted octanol–water partition coefficient (Wildman–Crippen LogP) is 2.65. The Balaban J connectivity index is 1.28. The van der Waals surface area contributed by atoms with Crippen LogP contribution in [-0.4, -0.2) is 50.3 Å².